The van der Waals surface area contributed by atoms with Crippen LogP contribution in [0.3, 0.4) is 0 Å². The molecule has 0 aromatic heterocycles. The van der Waals surface area contributed by atoms with Crippen molar-refractivity contribution >= 4 is 0 Å². The first-order valence-electron chi connectivity index (χ1n) is 3.96. The van der Waals surface area contributed by atoms with Crippen molar-refractivity contribution in [3.63, 3.8) is 0 Å². The summed E-state index contributed by atoms with van der Waals surface area (Å²) in [5, 5.41) is 10.5. The van der Waals surface area contributed by atoms with Crippen molar-refractivity contribution in [1.82, 2.24) is 0 Å². The maximum absolute atomic E-state index is 10.5. The maximum Gasteiger partial charge on any atom is 0.264 e. The Labute approximate surface area is 70.8 Å². The molecule has 0 spiro atoms. The Bertz CT molecular complexity index is 172. The van der Waals surface area contributed by atoms with E-state index in [1.807, 2.05) is 0 Å². The van der Waals surface area contributed by atoms with Crippen LogP contribution in [0.25, 0.3) is 0 Å². The largest absolute Gasteiger partial charge is 0.343 e. The molecule has 0 radical (unpaired) electrons. The second-order valence-electron chi connectivity index (χ2n) is 3.03. The minimum atomic E-state index is -0.749. The van der Waals surface area contributed by atoms with Crippen LogP contribution in [-0.4, -0.2) is 29.5 Å². The van der Waals surface area contributed by atoms with Gasteiger partial charge in [-0.05, 0) is 20.8 Å². The van der Waals surface area contributed by atoms with Crippen molar-refractivity contribution < 1.29 is 14.4 Å². The van der Waals surface area contributed by atoms with Crippen LogP contribution in [0.15, 0.2) is 0 Å². The predicted molar refractivity (Wildman–Crippen MR) is 41.3 cm³/mol. The lowest BCUT2D eigenvalue weighted by Gasteiger charge is -2.32. The van der Waals surface area contributed by atoms with Gasteiger partial charge in [0.25, 0.3) is 6.04 Å². The van der Waals surface area contributed by atoms with Crippen molar-refractivity contribution in [2.24, 2.45) is 0 Å². The van der Waals surface area contributed by atoms with Gasteiger partial charge in [-0.3, -0.25) is 10.1 Å². The molecule has 1 rings (SSSR count). The van der Waals surface area contributed by atoms with E-state index in [1.165, 1.54) is 0 Å². The van der Waals surface area contributed by atoms with Gasteiger partial charge in [0.1, 0.15) is 12.2 Å². The van der Waals surface area contributed by atoms with Crippen LogP contribution in [-0.2, 0) is 9.47 Å². The van der Waals surface area contributed by atoms with E-state index in [1.54, 1.807) is 20.8 Å². The van der Waals surface area contributed by atoms with E-state index < -0.39 is 6.04 Å². The van der Waals surface area contributed by atoms with Crippen LogP contribution >= 0.6 is 0 Å². The van der Waals surface area contributed by atoms with Gasteiger partial charge in [0, 0.05) is 4.92 Å². The summed E-state index contributed by atoms with van der Waals surface area (Å²) in [6.07, 6.45) is -1.09. The molecule has 1 fully saturated rings. The minimum Gasteiger partial charge on any atom is -0.343 e. The maximum atomic E-state index is 10.5. The smallest absolute Gasteiger partial charge is 0.264 e. The van der Waals surface area contributed by atoms with E-state index in [-0.39, 0.29) is 23.4 Å². The minimum absolute atomic E-state index is 0.341. The molecule has 0 N–H and O–H groups in total. The monoisotopic (exact) mass is 175 g/mol. The standard InChI is InChI=1S/C7H13NO4/c1-4-7(8(9)10)5(2)12-6(3)11-4/h4-7H,1-3H3. The molecule has 1 aliphatic heterocycles. The molecule has 5 heteroatoms. The highest BCUT2D eigenvalue weighted by atomic mass is 16.7. The molecule has 70 valence electrons. The summed E-state index contributed by atoms with van der Waals surface area (Å²) in [4.78, 5) is 10.2. The van der Waals surface area contributed by atoms with E-state index in [9.17, 15) is 10.1 Å². The quantitative estimate of drug-likeness (QED) is 0.437. The molecule has 1 saturated heterocycles. The zero-order valence-electron chi connectivity index (χ0n) is 7.39. The highest BCUT2D eigenvalue weighted by Gasteiger charge is 2.41. The van der Waals surface area contributed by atoms with E-state index in [2.05, 4.69) is 0 Å². The molecule has 5 nitrogen and oxygen atoms in total. The van der Waals surface area contributed by atoms with Gasteiger partial charge in [-0.1, -0.05) is 0 Å². The second-order valence-corrected chi connectivity index (χ2v) is 3.03. The first-order chi connectivity index (χ1) is 5.52. The van der Waals surface area contributed by atoms with Crippen LogP contribution in [0.2, 0.25) is 0 Å². The van der Waals surface area contributed by atoms with Crippen LogP contribution < -0.4 is 0 Å². The fraction of sp³-hybridized carbons (Fsp3) is 1.00. The van der Waals surface area contributed by atoms with Gasteiger partial charge in [-0.25, -0.2) is 0 Å². The number of hydrogen-bond donors (Lipinski definition) is 0. The molecule has 0 bridgehead atoms. The number of ether oxygens (including phenoxy) is 2. The van der Waals surface area contributed by atoms with Crippen molar-refractivity contribution in [2.75, 3.05) is 0 Å². The number of nitrogens with zero attached hydrogens (tertiary/aromatic N) is 1. The molecule has 12 heavy (non-hydrogen) atoms. The van der Waals surface area contributed by atoms with Gasteiger partial charge in [0.15, 0.2) is 6.29 Å². The van der Waals surface area contributed by atoms with Gasteiger partial charge >= 0.3 is 0 Å². The molecule has 0 aromatic rings. The Morgan fingerprint density at radius 2 is 1.58 bits per heavy atom. The van der Waals surface area contributed by atoms with Crippen molar-refractivity contribution in [3.05, 3.63) is 10.1 Å². The van der Waals surface area contributed by atoms with Crippen LogP contribution in [0.4, 0.5) is 0 Å². The van der Waals surface area contributed by atoms with E-state index in [0.29, 0.717) is 0 Å². The van der Waals surface area contributed by atoms with E-state index in [4.69, 9.17) is 9.47 Å². The second kappa shape index (κ2) is 3.37. The molecular weight excluding hydrogens is 162 g/mol. The van der Waals surface area contributed by atoms with Crippen molar-refractivity contribution in [2.45, 2.75) is 45.3 Å². The lowest BCUT2D eigenvalue weighted by Crippen LogP contribution is -2.50. The van der Waals surface area contributed by atoms with Crippen LogP contribution in [0.5, 0.6) is 0 Å². The summed E-state index contributed by atoms with van der Waals surface area (Å²) in [7, 11) is 0. The lowest BCUT2D eigenvalue weighted by atomic mass is 10.1. The summed E-state index contributed by atoms with van der Waals surface area (Å²) in [6, 6.07) is -0.749. The molecule has 1 aliphatic rings. The number of rotatable bonds is 1. The fourth-order valence-electron chi connectivity index (χ4n) is 1.52. The zero-order chi connectivity index (χ0) is 9.30. The third kappa shape index (κ3) is 1.73. The molecular formula is C7H13NO4. The molecule has 2 atom stereocenters. The topological polar surface area (TPSA) is 61.6 Å². The van der Waals surface area contributed by atoms with E-state index in [0.717, 1.165) is 0 Å². The van der Waals surface area contributed by atoms with Crippen LogP contribution in [0, 0.1) is 10.1 Å². The zero-order valence-corrected chi connectivity index (χ0v) is 7.39. The Balaban J connectivity index is 2.66. The molecule has 0 aromatic carbocycles. The first-order valence-corrected chi connectivity index (χ1v) is 3.96. The summed E-state index contributed by atoms with van der Waals surface area (Å²) in [5.74, 6) is 0. The summed E-state index contributed by atoms with van der Waals surface area (Å²) in [6.45, 7) is 5.13. The SMILES string of the molecule is CC1OC(C)C([N+](=O)[O-])C(C)O1. The van der Waals surface area contributed by atoms with Gasteiger partial charge in [0.05, 0.1) is 0 Å². The molecule has 0 saturated carbocycles. The van der Waals surface area contributed by atoms with Crippen molar-refractivity contribution in [1.29, 1.82) is 0 Å². The normalized spacial score (nSPS) is 42.6. The Morgan fingerprint density at radius 3 is 1.92 bits per heavy atom. The number of hydrogen-bond acceptors (Lipinski definition) is 4. The molecule has 0 amide bonds. The van der Waals surface area contributed by atoms with Crippen LogP contribution in [0.1, 0.15) is 20.8 Å². The first kappa shape index (κ1) is 9.41. The fourth-order valence-corrected chi connectivity index (χ4v) is 1.52. The van der Waals surface area contributed by atoms with Gasteiger partial charge in [-0.15, -0.1) is 0 Å². The van der Waals surface area contributed by atoms with Gasteiger partial charge in [-0.2, -0.15) is 0 Å². The lowest BCUT2D eigenvalue weighted by molar-refractivity contribution is -0.562. The molecule has 0 aliphatic carbocycles. The third-order valence-corrected chi connectivity index (χ3v) is 2.02. The number of nitro groups is 1. The van der Waals surface area contributed by atoms with Gasteiger partial charge in [0.2, 0.25) is 0 Å². The van der Waals surface area contributed by atoms with Crippen molar-refractivity contribution in [3.8, 4) is 0 Å². The molecule has 1 heterocycles. The average molecular weight is 175 g/mol. The summed E-state index contributed by atoms with van der Waals surface area (Å²) in [5.41, 5.74) is 0. The average Bonchev–Trinajstić information content (AvgIpc) is 1.82. The Morgan fingerprint density at radius 1 is 1.17 bits per heavy atom. The molecule has 2 unspecified atom stereocenters. The predicted octanol–water partition coefficient (Wildman–Crippen LogP) is 0.801. The van der Waals surface area contributed by atoms with Gasteiger partial charge < -0.3 is 9.47 Å². The summed E-state index contributed by atoms with van der Waals surface area (Å²) < 4.78 is 10.3. The Hall–Kier alpha value is -0.680. The Kier molecular flexibility index (Phi) is 2.64. The summed E-state index contributed by atoms with van der Waals surface area (Å²) >= 11 is 0. The van der Waals surface area contributed by atoms with E-state index >= 15 is 0 Å². The highest BCUT2D eigenvalue weighted by molar-refractivity contribution is 4.76. The third-order valence-electron chi connectivity index (χ3n) is 2.02. The highest BCUT2D eigenvalue weighted by Crippen LogP contribution is 2.20.